The van der Waals surface area contributed by atoms with Crippen molar-refractivity contribution in [3.8, 4) is 0 Å². The zero-order valence-electron chi connectivity index (χ0n) is 12.7. The van der Waals surface area contributed by atoms with Crippen molar-refractivity contribution in [3.05, 3.63) is 28.8 Å². The van der Waals surface area contributed by atoms with Crippen LogP contribution in [0.25, 0.3) is 0 Å². The summed E-state index contributed by atoms with van der Waals surface area (Å²) in [6, 6.07) is 4.51. The Kier molecular flexibility index (Phi) is 5.61. The largest absolute Gasteiger partial charge is 0.449 e. The first-order valence-electron chi connectivity index (χ1n) is 6.74. The SMILES string of the molecule is CCC(C)(C)NC(=O)C(C)OC(=O)c1cc(Cl)ccc1N. The van der Waals surface area contributed by atoms with Crippen LogP contribution in [-0.2, 0) is 9.53 Å². The van der Waals surface area contributed by atoms with Crippen molar-refractivity contribution in [2.75, 3.05) is 5.73 Å². The maximum atomic E-state index is 12.0. The first-order chi connectivity index (χ1) is 9.66. The molecule has 0 radical (unpaired) electrons. The highest BCUT2D eigenvalue weighted by molar-refractivity contribution is 6.31. The number of ether oxygens (including phenoxy) is 1. The summed E-state index contributed by atoms with van der Waals surface area (Å²) in [6.45, 7) is 7.27. The molecule has 0 heterocycles. The van der Waals surface area contributed by atoms with Crippen LogP contribution in [0.15, 0.2) is 18.2 Å². The number of esters is 1. The molecule has 1 unspecified atom stereocenters. The molecule has 1 amide bonds. The molecule has 1 rings (SSSR count). The number of amides is 1. The van der Waals surface area contributed by atoms with Crippen LogP contribution in [-0.4, -0.2) is 23.5 Å². The van der Waals surface area contributed by atoms with Crippen LogP contribution in [0.2, 0.25) is 5.02 Å². The Hall–Kier alpha value is -1.75. The number of nitrogens with one attached hydrogen (secondary N) is 1. The van der Waals surface area contributed by atoms with E-state index >= 15 is 0 Å². The Labute approximate surface area is 129 Å². The Bertz CT molecular complexity index is 544. The Balaban J connectivity index is 2.74. The van der Waals surface area contributed by atoms with Crippen molar-refractivity contribution >= 4 is 29.2 Å². The van der Waals surface area contributed by atoms with Gasteiger partial charge in [0, 0.05) is 16.2 Å². The maximum Gasteiger partial charge on any atom is 0.341 e. The minimum Gasteiger partial charge on any atom is -0.449 e. The molecule has 0 saturated heterocycles. The normalized spacial score (nSPS) is 12.6. The molecule has 116 valence electrons. The van der Waals surface area contributed by atoms with Gasteiger partial charge in [0.15, 0.2) is 6.10 Å². The van der Waals surface area contributed by atoms with Crippen molar-refractivity contribution < 1.29 is 14.3 Å². The minimum absolute atomic E-state index is 0.150. The summed E-state index contributed by atoms with van der Waals surface area (Å²) >= 11 is 5.82. The smallest absolute Gasteiger partial charge is 0.341 e. The van der Waals surface area contributed by atoms with Gasteiger partial charge in [-0.25, -0.2) is 4.79 Å². The molecular weight excluding hydrogens is 292 g/mol. The fourth-order valence-electron chi connectivity index (χ4n) is 1.51. The number of carbonyl (C=O) groups excluding carboxylic acids is 2. The number of nitrogen functional groups attached to an aromatic ring is 1. The number of nitrogens with two attached hydrogens (primary N) is 1. The first-order valence-corrected chi connectivity index (χ1v) is 7.12. The molecule has 6 heteroatoms. The van der Waals surface area contributed by atoms with E-state index in [1.165, 1.54) is 19.1 Å². The van der Waals surface area contributed by atoms with Gasteiger partial charge in [0.25, 0.3) is 5.91 Å². The lowest BCUT2D eigenvalue weighted by molar-refractivity contribution is -0.130. The van der Waals surface area contributed by atoms with E-state index in [9.17, 15) is 9.59 Å². The molecule has 0 aliphatic rings. The minimum atomic E-state index is -0.915. The van der Waals surface area contributed by atoms with Crippen LogP contribution < -0.4 is 11.1 Å². The Morgan fingerprint density at radius 3 is 2.62 bits per heavy atom. The van der Waals surface area contributed by atoms with E-state index in [0.29, 0.717) is 5.02 Å². The van der Waals surface area contributed by atoms with Gasteiger partial charge in [0.05, 0.1) is 5.56 Å². The van der Waals surface area contributed by atoms with Gasteiger partial charge < -0.3 is 15.8 Å². The van der Waals surface area contributed by atoms with E-state index in [-0.39, 0.29) is 22.7 Å². The highest BCUT2D eigenvalue weighted by Gasteiger charge is 2.25. The van der Waals surface area contributed by atoms with E-state index < -0.39 is 12.1 Å². The zero-order valence-corrected chi connectivity index (χ0v) is 13.5. The molecule has 1 atom stereocenters. The van der Waals surface area contributed by atoms with Crippen molar-refractivity contribution in [2.24, 2.45) is 0 Å². The van der Waals surface area contributed by atoms with Crippen LogP contribution in [0.3, 0.4) is 0 Å². The molecule has 0 aliphatic carbocycles. The third kappa shape index (κ3) is 4.93. The average Bonchev–Trinajstić information content (AvgIpc) is 2.40. The number of anilines is 1. The lowest BCUT2D eigenvalue weighted by atomic mass is 10.0. The fraction of sp³-hybridized carbons (Fsp3) is 0.467. The molecule has 0 aromatic heterocycles. The molecule has 0 spiro atoms. The predicted molar refractivity (Wildman–Crippen MR) is 83.3 cm³/mol. The van der Waals surface area contributed by atoms with Crippen LogP contribution >= 0.6 is 11.6 Å². The van der Waals surface area contributed by atoms with Gasteiger partial charge in [-0.15, -0.1) is 0 Å². The quantitative estimate of drug-likeness (QED) is 0.647. The second-order valence-corrected chi connectivity index (χ2v) is 5.94. The summed E-state index contributed by atoms with van der Waals surface area (Å²) in [6.07, 6.45) is -0.151. The summed E-state index contributed by atoms with van der Waals surface area (Å²) < 4.78 is 5.13. The van der Waals surface area contributed by atoms with E-state index in [2.05, 4.69) is 5.32 Å². The average molecular weight is 313 g/mol. The highest BCUT2D eigenvalue weighted by Crippen LogP contribution is 2.19. The van der Waals surface area contributed by atoms with Gasteiger partial charge >= 0.3 is 5.97 Å². The lowest BCUT2D eigenvalue weighted by Crippen LogP contribution is -2.47. The van der Waals surface area contributed by atoms with E-state index in [4.69, 9.17) is 22.1 Å². The predicted octanol–water partition coefficient (Wildman–Crippen LogP) is 2.77. The third-order valence-electron chi connectivity index (χ3n) is 3.23. The standard InChI is InChI=1S/C15H21ClN2O3/c1-5-15(3,4)18-13(19)9(2)21-14(20)11-8-10(16)6-7-12(11)17/h6-9H,5,17H2,1-4H3,(H,18,19). The molecule has 1 aromatic rings. The number of carbonyl (C=O) groups is 2. The number of hydrogen-bond acceptors (Lipinski definition) is 4. The van der Waals surface area contributed by atoms with E-state index in [0.717, 1.165) is 6.42 Å². The van der Waals surface area contributed by atoms with Crippen LogP contribution in [0, 0.1) is 0 Å². The molecule has 5 nitrogen and oxygen atoms in total. The highest BCUT2D eigenvalue weighted by atomic mass is 35.5. The first kappa shape index (κ1) is 17.3. The molecule has 0 fully saturated rings. The van der Waals surface area contributed by atoms with Crippen molar-refractivity contribution in [2.45, 2.75) is 45.8 Å². The summed E-state index contributed by atoms with van der Waals surface area (Å²) in [5, 5.41) is 3.19. The van der Waals surface area contributed by atoms with Crippen molar-refractivity contribution in [1.29, 1.82) is 0 Å². The van der Waals surface area contributed by atoms with Gasteiger partial charge in [-0.3, -0.25) is 4.79 Å². The van der Waals surface area contributed by atoms with Gasteiger partial charge in [0.2, 0.25) is 0 Å². The number of hydrogen-bond donors (Lipinski definition) is 2. The molecule has 21 heavy (non-hydrogen) atoms. The van der Waals surface area contributed by atoms with Gasteiger partial charge in [-0.05, 0) is 45.4 Å². The molecular formula is C15H21ClN2O3. The molecule has 0 aliphatic heterocycles. The lowest BCUT2D eigenvalue weighted by Gasteiger charge is -2.26. The topological polar surface area (TPSA) is 81.4 Å². The van der Waals surface area contributed by atoms with Gasteiger partial charge in [-0.2, -0.15) is 0 Å². The summed E-state index contributed by atoms with van der Waals surface area (Å²) in [5.41, 5.74) is 5.76. The monoisotopic (exact) mass is 312 g/mol. The molecule has 0 bridgehead atoms. The van der Waals surface area contributed by atoms with Crippen molar-refractivity contribution in [1.82, 2.24) is 5.32 Å². The van der Waals surface area contributed by atoms with Gasteiger partial charge in [-0.1, -0.05) is 18.5 Å². The number of benzene rings is 1. The zero-order chi connectivity index (χ0) is 16.2. The molecule has 0 saturated carbocycles. The molecule has 3 N–H and O–H groups in total. The summed E-state index contributed by atoms with van der Waals surface area (Å²) in [4.78, 5) is 24.0. The van der Waals surface area contributed by atoms with Crippen LogP contribution in [0.1, 0.15) is 44.5 Å². The summed E-state index contributed by atoms with van der Waals surface area (Å²) in [7, 11) is 0. The second kappa shape index (κ2) is 6.80. The Morgan fingerprint density at radius 2 is 2.05 bits per heavy atom. The maximum absolute atomic E-state index is 12.0. The fourth-order valence-corrected chi connectivity index (χ4v) is 1.68. The number of rotatable bonds is 5. The summed E-state index contributed by atoms with van der Waals surface area (Å²) in [5.74, 6) is -1.03. The number of halogens is 1. The second-order valence-electron chi connectivity index (χ2n) is 5.51. The van der Waals surface area contributed by atoms with Gasteiger partial charge in [0.1, 0.15) is 0 Å². The Morgan fingerprint density at radius 1 is 1.43 bits per heavy atom. The van der Waals surface area contributed by atoms with Crippen LogP contribution in [0.4, 0.5) is 5.69 Å². The van der Waals surface area contributed by atoms with Crippen molar-refractivity contribution in [3.63, 3.8) is 0 Å². The van der Waals surface area contributed by atoms with E-state index in [1.807, 2.05) is 20.8 Å². The van der Waals surface area contributed by atoms with E-state index in [1.54, 1.807) is 6.07 Å². The third-order valence-corrected chi connectivity index (χ3v) is 3.47. The molecule has 1 aromatic carbocycles. The van der Waals surface area contributed by atoms with Crippen LogP contribution in [0.5, 0.6) is 0 Å².